The van der Waals surface area contributed by atoms with E-state index in [9.17, 15) is 4.79 Å². The van der Waals surface area contributed by atoms with E-state index in [1.807, 2.05) is 38.1 Å². The van der Waals surface area contributed by atoms with Crippen LogP contribution in [-0.2, 0) is 0 Å². The second kappa shape index (κ2) is 4.51. The molecule has 3 aromatic carbocycles. The predicted molar refractivity (Wildman–Crippen MR) is 80.6 cm³/mol. The molecule has 0 radical (unpaired) electrons. The number of hydrogen-bond donors (Lipinski definition) is 0. The summed E-state index contributed by atoms with van der Waals surface area (Å²) in [5.41, 5.74) is 0.832. The van der Waals surface area contributed by atoms with Gasteiger partial charge in [0.05, 0.1) is 0 Å². The fourth-order valence-corrected chi connectivity index (χ4v) is 2.57. The summed E-state index contributed by atoms with van der Waals surface area (Å²) in [4.78, 5) is 12.3. The van der Waals surface area contributed by atoms with E-state index < -0.39 is 0 Å². The van der Waals surface area contributed by atoms with E-state index in [0.29, 0.717) is 0 Å². The van der Waals surface area contributed by atoms with E-state index in [4.69, 9.17) is 0 Å². The zero-order chi connectivity index (χ0) is 13.4. The minimum absolute atomic E-state index is 0.0251. The van der Waals surface area contributed by atoms with Gasteiger partial charge in [0.2, 0.25) is 0 Å². The number of carbonyl (C=O) groups excluding carboxylic acids is 1. The van der Waals surface area contributed by atoms with Crippen LogP contribution in [0.4, 0.5) is 0 Å². The highest BCUT2D eigenvalue weighted by Gasteiger charge is 2.14. The molecule has 0 amide bonds. The maximum Gasteiger partial charge on any atom is 0.166 e. The van der Waals surface area contributed by atoms with E-state index >= 15 is 0 Å². The number of Topliss-reactive ketones (excluding diaryl/α,β-unsaturated/α-hetero) is 1. The van der Waals surface area contributed by atoms with E-state index in [0.717, 1.165) is 16.3 Å². The summed E-state index contributed by atoms with van der Waals surface area (Å²) in [6.45, 7) is 3.89. The first-order valence-electron chi connectivity index (χ1n) is 6.63. The Labute approximate surface area is 112 Å². The molecule has 0 aliphatic heterocycles. The molecule has 3 aromatic rings. The molecule has 0 unspecified atom stereocenters. The maximum atomic E-state index is 12.3. The van der Waals surface area contributed by atoms with Crippen molar-refractivity contribution < 1.29 is 4.79 Å². The highest BCUT2D eigenvalue weighted by molar-refractivity contribution is 6.15. The lowest BCUT2D eigenvalue weighted by Gasteiger charge is -2.10. The Morgan fingerprint density at radius 2 is 1.53 bits per heavy atom. The van der Waals surface area contributed by atoms with Gasteiger partial charge in [-0.05, 0) is 21.5 Å². The third-order valence-corrected chi connectivity index (χ3v) is 3.58. The zero-order valence-electron chi connectivity index (χ0n) is 11.2. The first kappa shape index (κ1) is 11.9. The number of carbonyl (C=O) groups is 1. The first-order valence-corrected chi connectivity index (χ1v) is 6.63. The van der Waals surface area contributed by atoms with Gasteiger partial charge >= 0.3 is 0 Å². The average Bonchev–Trinajstić information content (AvgIpc) is 2.45. The monoisotopic (exact) mass is 248 g/mol. The van der Waals surface area contributed by atoms with Crippen LogP contribution in [0.2, 0.25) is 0 Å². The van der Waals surface area contributed by atoms with E-state index in [1.165, 1.54) is 10.8 Å². The Hall–Kier alpha value is -2.15. The Bertz CT molecular complexity index is 769. The number of fused-ring (bicyclic) bond motifs is 3. The average molecular weight is 248 g/mol. The van der Waals surface area contributed by atoms with Gasteiger partial charge in [-0.25, -0.2) is 0 Å². The molecule has 94 valence electrons. The molecule has 0 atom stereocenters. The Kier molecular flexibility index (Phi) is 2.83. The molecule has 19 heavy (non-hydrogen) atoms. The van der Waals surface area contributed by atoms with Crippen LogP contribution in [0.1, 0.15) is 24.2 Å². The van der Waals surface area contributed by atoms with Gasteiger partial charge in [0.25, 0.3) is 0 Å². The van der Waals surface area contributed by atoms with Crippen LogP contribution < -0.4 is 0 Å². The quantitative estimate of drug-likeness (QED) is 0.469. The molecule has 0 heterocycles. The Balaban J connectivity index is 2.38. The second-order valence-corrected chi connectivity index (χ2v) is 5.21. The molecule has 0 aliphatic carbocycles. The third-order valence-electron chi connectivity index (χ3n) is 3.58. The van der Waals surface area contributed by atoms with Crippen LogP contribution >= 0.6 is 0 Å². The standard InChI is InChI=1S/C18H16O/c1-12(2)18(19)17-9-5-8-15-14-7-4-3-6-13(14)10-11-16(15)17/h3-12H,1-2H3. The number of benzene rings is 3. The van der Waals surface area contributed by atoms with Crippen LogP contribution in [0.5, 0.6) is 0 Å². The summed E-state index contributed by atoms with van der Waals surface area (Å²) in [6, 6.07) is 18.4. The topological polar surface area (TPSA) is 17.1 Å². The lowest BCUT2D eigenvalue weighted by Crippen LogP contribution is -2.07. The molecule has 0 aliphatic rings. The van der Waals surface area contributed by atoms with Crippen molar-refractivity contribution in [2.45, 2.75) is 13.8 Å². The van der Waals surface area contributed by atoms with Crippen LogP contribution in [0, 0.1) is 5.92 Å². The zero-order valence-corrected chi connectivity index (χ0v) is 11.2. The summed E-state index contributed by atoms with van der Waals surface area (Å²) in [5, 5.41) is 4.63. The first-order chi connectivity index (χ1) is 9.18. The van der Waals surface area contributed by atoms with Gasteiger partial charge in [0, 0.05) is 11.5 Å². The molecule has 1 heteroatoms. The molecule has 1 nitrogen and oxygen atoms in total. The van der Waals surface area contributed by atoms with Gasteiger partial charge in [-0.1, -0.05) is 68.4 Å². The van der Waals surface area contributed by atoms with Crippen LogP contribution in [0.25, 0.3) is 21.5 Å². The van der Waals surface area contributed by atoms with Gasteiger partial charge in [0.1, 0.15) is 0 Å². The van der Waals surface area contributed by atoms with Gasteiger partial charge in [0.15, 0.2) is 5.78 Å². The molecule has 0 aromatic heterocycles. The van der Waals surface area contributed by atoms with Crippen LogP contribution in [-0.4, -0.2) is 5.78 Å². The van der Waals surface area contributed by atoms with Crippen molar-refractivity contribution in [3.8, 4) is 0 Å². The highest BCUT2D eigenvalue weighted by Crippen LogP contribution is 2.28. The fourth-order valence-electron chi connectivity index (χ4n) is 2.57. The molecule has 0 saturated heterocycles. The van der Waals surface area contributed by atoms with Crippen molar-refractivity contribution in [2.24, 2.45) is 5.92 Å². The van der Waals surface area contributed by atoms with Crippen molar-refractivity contribution >= 4 is 27.3 Å². The van der Waals surface area contributed by atoms with E-state index in [-0.39, 0.29) is 11.7 Å². The van der Waals surface area contributed by atoms with Crippen molar-refractivity contribution in [2.75, 3.05) is 0 Å². The lowest BCUT2D eigenvalue weighted by molar-refractivity contribution is 0.0941. The molecular formula is C18H16O. The molecule has 0 bridgehead atoms. The Morgan fingerprint density at radius 1 is 0.789 bits per heavy atom. The highest BCUT2D eigenvalue weighted by atomic mass is 16.1. The second-order valence-electron chi connectivity index (χ2n) is 5.21. The Morgan fingerprint density at radius 3 is 2.32 bits per heavy atom. The summed E-state index contributed by atoms with van der Waals surface area (Å²) in [7, 11) is 0. The number of rotatable bonds is 2. The minimum atomic E-state index is 0.0251. The normalized spacial score (nSPS) is 11.3. The van der Waals surface area contributed by atoms with Gasteiger partial charge in [-0.15, -0.1) is 0 Å². The van der Waals surface area contributed by atoms with E-state index in [2.05, 4.69) is 30.3 Å². The van der Waals surface area contributed by atoms with Crippen LogP contribution in [0.3, 0.4) is 0 Å². The minimum Gasteiger partial charge on any atom is -0.294 e. The van der Waals surface area contributed by atoms with Gasteiger partial charge in [-0.3, -0.25) is 4.79 Å². The molecule has 0 N–H and O–H groups in total. The van der Waals surface area contributed by atoms with Gasteiger partial charge in [-0.2, -0.15) is 0 Å². The molecular weight excluding hydrogens is 232 g/mol. The third kappa shape index (κ3) is 1.91. The summed E-state index contributed by atoms with van der Waals surface area (Å²) in [5.74, 6) is 0.234. The largest absolute Gasteiger partial charge is 0.294 e. The number of hydrogen-bond acceptors (Lipinski definition) is 1. The molecule has 0 saturated carbocycles. The van der Waals surface area contributed by atoms with Crippen molar-refractivity contribution in [3.05, 3.63) is 60.2 Å². The van der Waals surface area contributed by atoms with Crippen molar-refractivity contribution in [1.29, 1.82) is 0 Å². The summed E-state index contributed by atoms with van der Waals surface area (Å²) < 4.78 is 0. The maximum absolute atomic E-state index is 12.3. The number of ketones is 1. The smallest absolute Gasteiger partial charge is 0.166 e. The lowest BCUT2D eigenvalue weighted by atomic mass is 9.93. The molecule has 3 rings (SSSR count). The molecule has 0 fully saturated rings. The SMILES string of the molecule is CC(C)C(=O)c1cccc2c1ccc1ccccc12. The fraction of sp³-hybridized carbons (Fsp3) is 0.167. The summed E-state index contributed by atoms with van der Waals surface area (Å²) in [6.07, 6.45) is 0. The molecule has 0 spiro atoms. The van der Waals surface area contributed by atoms with Crippen molar-refractivity contribution in [3.63, 3.8) is 0 Å². The van der Waals surface area contributed by atoms with E-state index in [1.54, 1.807) is 0 Å². The van der Waals surface area contributed by atoms with Gasteiger partial charge < -0.3 is 0 Å². The predicted octanol–water partition coefficient (Wildman–Crippen LogP) is 4.83. The van der Waals surface area contributed by atoms with Crippen molar-refractivity contribution in [1.82, 2.24) is 0 Å². The summed E-state index contributed by atoms with van der Waals surface area (Å²) >= 11 is 0. The van der Waals surface area contributed by atoms with Crippen LogP contribution in [0.15, 0.2) is 54.6 Å².